The maximum absolute atomic E-state index is 9.95. The van der Waals surface area contributed by atoms with Crippen LogP contribution in [0.25, 0.3) is 0 Å². The summed E-state index contributed by atoms with van der Waals surface area (Å²) in [4.78, 5) is 16.0. The van der Waals surface area contributed by atoms with E-state index in [1.165, 1.54) is 0 Å². The molecular formula is C10H10N2O. The van der Waals surface area contributed by atoms with Crippen molar-refractivity contribution in [2.75, 3.05) is 19.0 Å². The van der Waals surface area contributed by atoms with Crippen molar-refractivity contribution < 1.29 is 4.79 Å². The molecule has 66 valence electrons. The molecule has 0 atom stereocenters. The molecule has 0 aliphatic rings. The van der Waals surface area contributed by atoms with Gasteiger partial charge in [0, 0.05) is 25.9 Å². The number of aromatic nitrogens is 1. The first kappa shape index (κ1) is 9.27. The zero-order chi connectivity index (χ0) is 9.68. The molecule has 0 aliphatic heterocycles. The topological polar surface area (TPSA) is 33.2 Å². The smallest absolute Gasteiger partial charge is 0.193 e. The van der Waals surface area contributed by atoms with E-state index in [-0.39, 0.29) is 0 Å². The molecule has 0 aromatic carbocycles. The number of rotatable bonds is 1. The van der Waals surface area contributed by atoms with E-state index in [1.807, 2.05) is 31.1 Å². The molecule has 0 saturated heterocycles. The fraction of sp³-hybridized carbons (Fsp3) is 0.200. The van der Waals surface area contributed by atoms with Gasteiger partial charge in [0.2, 0.25) is 0 Å². The van der Waals surface area contributed by atoms with Crippen LogP contribution in [-0.2, 0) is 4.79 Å². The summed E-state index contributed by atoms with van der Waals surface area (Å²) in [7, 11) is 3.83. The first-order valence-corrected chi connectivity index (χ1v) is 3.82. The van der Waals surface area contributed by atoms with Gasteiger partial charge in [-0.2, -0.15) is 0 Å². The van der Waals surface area contributed by atoms with E-state index in [4.69, 9.17) is 0 Å². The van der Waals surface area contributed by atoms with Crippen molar-refractivity contribution in [3.8, 4) is 11.8 Å². The van der Waals surface area contributed by atoms with E-state index in [0.717, 1.165) is 11.4 Å². The molecule has 3 nitrogen and oxygen atoms in total. The highest BCUT2D eigenvalue weighted by Gasteiger charge is 1.94. The largest absolute Gasteiger partial charge is 0.363 e. The van der Waals surface area contributed by atoms with Gasteiger partial charge in [0.05, 0.1) is 0 Å². The third-order valence-corrected chi connectivity index (χ3v) is 1.48. The van der Waals surface area contributed by atoms with Crippen molar-refractivity contribution in [3.63, 3.8) is 0 Å². The van der Waals surface area contributed by atoms with E-state index in [0.29, 0.717) is 6.29 Å². The van der Waals surface area contributed by atoms with Gasteiger partial charge in [-0.1, -0.05) is 5.92 Å². The number of hydrogen-bond donors (Lipinski definition) is 0. The summed E-state index contributed by atoms with van der Waals surface area (Å²) in [6.45, 7) is 0. The molecule has 0 saturated carbocycles. The zero-order valence-electron chi connectivity index (χ0n) is 7.61. The Morgan fingerprint density at radius 1 is 1.46 bits per heavy atom. The van der Waals surface area contributed by atoms with Gasteiger partial charge in [-0.15, -0.1) is 0 Å². The molecule has 1 aromatic heterocycles. The van der Waals surface area contributed by atoms with Crippen LogP contribution < -0.4 is 4.90 Å². The predicted molar refractivity (Wildman–Crippen MR) is 51.5 cm³/mol. The van der Waals surface area contributed by atoms with Crippen LogP contribution in [0.1, 0.15) is 5.56 Å². The van der Waals surface area contributed by atoms with E-state index in [9.17, 15) is 4.79 Å². The fourth-order valence-electron chi connectivity index (χ4n) is 0.837. The first-order chi connectivity index (χ1) is 6.24. The van der Waals surface area contributed by atoms with Crippen LogP contribution in [0.15, 0.2) is 18.3 Å². The molecule has 0 fully saturated rings. The van der Waals surface area contributed by atoms with E-state index in [2.05, 4.69) is 16.8 Å². The molecular weight excluding hydrogens is 164 g/mol. The normalized spacial score (nSPS) is 8.46. The summed E-state index contributed by atoms with van der Waals surface area (Å²) in [5, 5.41) is 0. The lowest BCUT2D eigenvalue weighted by Crippen LogP contribution is -2.10. The predicted octanol–water partition coefficient (Wildman–Crippen LogP) is 0.698. The number of anilines is 1. The average molecular weight is 174 g/mol. The molecule has 3 heteroatoms. The summed E-state index contributed by atoms with van der Waals surface area (Å²) in [6.07, 6.45) is 2.21. The molecule has 0 amide bonds. The van der Waals surface area contributed by atoms with Gasteiger partial charge in [0.25, 0.3) is 0 Å². The van der Waals surface area contributed by atoms with Crippen LogP contribution in [0.4, 0.5) is 5.82 Å². The Balaban J connectivity index is 2.87. The molecule has 0 bridgehead atoms. The summed E-state index contributed by atoms with van der Waals surface area (Å²) in [6, 6.07) is 3.69. The highest BCUT2D eigenvalue weighted by atomic mass is 16.1. The van der Waals surface area contributed by atoms with Crippen LogP contribution in [0.3, 0.4) is 0 Å². The summed E-state index contributed by atoms with van der Waals surface area (Å²) < 4.78 is 0. The monoisotopic (exact) mass is 174 g/mol. The maximum Gasteiger partial charge on any atom is 0.193 e. The number of hydrogen-bond acceptors (Lipinski definition) is 3. The third kappa shape index (κ3) is 2.60. The molecule has 1 rings (SSSR count). The number of carbonyl (C=O) groups is 1. The van der Waals surface area contributed by atoms with Crippen molar-refractivity contribution in [1.82, 2.24) is 4.98 Å². The third-order valence-electron chi connectivity index (χ3n) is 1.48. The fourth-order valence-corrected chi connectivity index (χ4v) is 0.837. The summed E-state index contributed by atoms with van der Waals surface area (Å²) in [5.41, 5.74) is 0.748. The second kappa shape index (κ2) is 4.27. The second-order valence-corrected chi connectivity index (χ2v) is 2.69. The molecule has 0 N–H and O–H groups in total. The Hall–Kier alpha value is -1.82. The Bertz CT molecular complexity index is 343. The van der Waals surface area contributed by atoms with E-state index in [1.54, 1.807) is 6.20 Å². The standard InChI is InChI=1S/C10H10N2O/c1-12(2)10-6-5-9(8-11-10)4-3-7-13/h5-8H,1-2H3. The molecule has 13 heavy (non-hydrogen) atoms. The van der Waals surface area contributed by atoms with E-state index < -0.39 is 0 Å². The molecule has 1 heterocycles. The van der Waals surface area contributed by atoms with Gasteiger partial charge in [-0.25, -0.2) is 4.98 Å². The lowest BCUT2D eigenvalue weighted by Gasteiger charge is -2.09. The zero-order valence-corrected chi connectivity index (χ0v) is 7.61. The van der Waals surface area contributed by atoms with E-state index >= 15 is 0 Å². The van der Waals surface area contributed by atoms with Crippen molar-refractivity contribution in [1.29, 1.82) is 0 Å². The summed E-state index contributed by atoms with van der Waals surface area (Å²) >= 11 is 0. The summed E-state index contributed by atoms with van der Waals surface area (Å²) in [5.74, 6) is 5.86. The minimum Gasteiger partial charge on any atom is -0.363 e. The molecule has 0 spiro atoms. The second-order valence-electron chi connectivity index (χ2n) is 2.69. The number of nitrogens with zero attached hydrogens (tertiary/aromatic N) is 2. The molecule has 0 radical (unpaired) electrons. The Kier molecular flexibility index (Phi) is 3.04. The molecule has 0 unspecified atom stereocenters. The van der Waals surface area contributed by atoms with Crippen molar-refractivity contribution >= 4 is 12.1 Å². The van der Waals surface area contributed by atoms with Crippen LogP contribution in [0.2, 0.25) is 0 Å². The highest BCUT2D eigenvalue weighted by Crippen LogP contribution is 2.06. The SMILES string of the molecule is CN(C)c1ccc(C#CC=O)cn1. The lowest BCUT2D eigenvalue weighted by atomic mass is 10.3. The quantitative estimate of drug-likeness (QED) is 0.464. The van der Waals surface area contributed by atoms with Crippen LogP contribution >= 0.6 is 0 Å². The average Bonchev–Trinajstić information content (AvgIpc) is 2.15. The highest BCUT2D eigenvalue weighted by molar-refractivity contribution is 5.73. The van der Waals surface area contributed by atoms with Crippen molar-refractivity contribution in [2.24, 2.45) is 0 Å². The van der Waals surface area contributed by atoms with Crippen LogP contribution in [0.5, 0.6) is 0 Å². The van der Waals surface area contributed by atoms with Gasteiger partial charge < -0.3 is 4.90 Å². The van der Waals surface area contributed by atoms with Crippen molar-refractivity contribution in [2.45, 2.75) is 0 Å². The lowest BCUT2D eigenvalue weighted by molar-refractivity contribution is -0.103. The minimum absolute atomic E-state index is 0.569. The van der Waals surface area contributed by atoms with Gasteiger partial charge in [0.1, 0.15) is 5.82 Å². The van der Waals surface area contributed by atoms with Gasteiger partial charge in [-0.3, -0.25) is 4.79 Å². The molecule has 0 aliphatic carbocycles. The first-order valence-electron chi connectivity index (χ1n) is 3.82. The van der Waals surface area contributed by atoms with Crippen LogP contribution in [0, 0.1) is 11.8 Å². The Morgan fingerprint density at radius 2 is 2.23 bits per heavy atom. The minimum atomic E-state index is 0.569. The number of carbonyl (C=O) groups excluding carboxylic acids is 1. The van der Waals surface area contributed by atoms with Gasteiger partial charge in [-0.05, 0) is 18.1 Å². The van der Waals surface area contributed by atoms with Gasteiger partial charge in [0.15, 0.2) is 6.29 Å². The Morgan fingerprint density at radius 3 is 2.69 bits per heavy atom. The molecule has 1 aromatic rings. The van der Waals surface area contributed by atoms with Crippen LogP contribution in [-0.4, -0.2) is 25.4 Å². The Labute approximate surface area is 77.4 Å². The van der Waals surface area contributed by atoms with Crippen molar-refractivity contribution in [3.05, 3.63) is 23.9 Å². The number of pyridine rings is 1. The maximum atomic E-state index is 9.95. The number of aldehydes is 1. The van der Waals surface area contributed by atoms with Gasteiger partial charge >= 0.3 is 0 Å².